The van der Waals surface area contributed by atoms with Crippen LogP contribution in [0.2, 0.25) is 0 Å². The Bertz CT molecular complexity index is 232. The maximum atomic E-state index is 12.6. The third-order valence-corrected chi connectivity index (χ3v) is 2.83. The molecule has 0 bridgehead atoms. The number of hydrogen-bond acceptors (Lipinski definition) is 2. The molecule has 0 aliphatic heterocycles. The highest BCUT2D eigenvalue weighted by Gasteiger charge is 2.45. The van der Waals surface area contributed by atoms with Gasteiger partial charge in [0.1, 0.15) is 0 Å². The molecule has 0 aromatic carbocycles. The number of halogens is 3. The second kappa shape index (κ2) is 5.36. The van der Waals surface area contributed by atoms with Crippen LogP contribution >= 0.6 is 0 Å². The molecule has 0 amide bonds. The lowest BCUT2D eigenvalue weighted by molar-refractivity contribution is -0.188. The summed E-state index contributed by atoms with van der Waals surface area (Å²) in [7, 11) is 0. The Morgan fingerprint density at radius 1 is 1.27 bits per heavy atom. The predicted molar refractivity (Wildman–Crippen MR) is 50.0 cm³/mol. The van der Waals surface area contributed by atoms with Crippen LogP contribution in [0.15, 0.2) is 0 Å². The van der Waals surface area contributed by atoms with Crippen LogP contribution in [0.5, 0.6) is 0 Å². The van der Waals surface area contributed by atoms with Crippen LogP contribution in [0.3, 0.4) is 0 Å². The summed E-state index contributed by atoms with van der Waals surface area (Å²) >= 11 is 0. The van der Waals surface area contributed by atoms with Gasteiger partial charge in [-0.25, -0.2) is 0 Å². The van der Waals surface area contributed by atoms with E-state index in [-0.39, 0.29) is 12.8 Å². The van der Waals surface area contributed by atoms with E-state index >= 15 is 0 Å². The molecular weight excluding hydrogens is 205 g/mol. The van der Waals surface area contributed by atoms with Gasteiger partial charge in [0, 0.05) is 19.0 Å². The Morgan fingerprint density at radius 2 is 1.93 bits per heavy atom. The van der Waals surface area contributed by atoms with Gasteiger partial charge in [-0.05, 0) is 12.8 Å². The van der Waals surface area contributed by atoms with Gasteiger partial charge in [-0.2, -0.15) is 18.4 Å². The van der Waals surface area contributed by atoms with Gasteiger partial charge < -0.3 is 5.32 Å². The minimum absolute atomic E-state index is 0.216. The Hall–Kier alpha value is -0.760. The highest BCUT2D eigenvalue weighted by atomic mass is 19.4. The Labute approximate surface area is 87.5 Å². The number of hydrogen-bond donors (Lipinski definition) is 1. The quantitative estimate of drug-likeness (QED) is 0.742. The largest absolute Gasteiger partial charge is 0.393 e. The van der Waals surface area contributed by atoms with E-state index in [9.17, 15) is 13.2 Å². The third kappa shape index (κ3) is 3.71. The second-order valence-electron chi connectivity index (χ2n) is 3.90. The van der Waals surface area contributed by atoms with Crippen LogP contribution in [0, 0.1) is 17.2 Å². The van der Waals surface area contributed by atoms with Gasteiger partial charge in [0.15, 0.2) is 0 Å². The minimum Gasteiger partial charge on any atom is -0.312 e. The van der Waals surface area contributed by atoms with Crippen molar-refractivity contribution < 1.29 is 13.2 Å². The van der Waals surface area contributed by atoms with Gasteiger partial charge >= 0.3 is 6.18 Å². The van der Waals surface area contributed by atoms with Gasteiger partial charge in [0.05, 0.1) is 12.0 Å². The molecule has 1 rings (SSSR count). The number of nitrogens with zero attached hydrogens (tertiary/aromatic N) is 1. The molecule has 0 aromatic rings. The average molecular weight is 220 g/mol. The zero-order chi connectivity index (χ0) is 11.3. The zero-order valence-electron chi connectivity index (χ0n) is 8.48. The Balaban J connectivity index is 2.47. The summed E-state index contributed by atoms with van der Waals surface area (Å²) in [6.07, 6.45) is -1.56. The molecule has 15 heavy (non-hydrogen) atoms. The van der Waals surface area contributed by atoms with Crippen LogP contribution in [0.1, 0.15) is 32.1 Å². The summed E-state index contributed by atoms with van der Waals surface area (Å²) in [4.78, 5) is 0. The first-order valence-corrected chi connectivity index (χ1v) is 5.22. The predicted octanol–water partition coefficient (Wildman–Crippen LogP) is 2.61. The SMILES string of the molecule is N#CCCNC1CCCCC1C(F)(F)F. The van der Waals surface area contributed by atoms with E-state index in [0.29, 0.717) is 19.4 Å². The van der Waals surface area contributed by atoms with Crippen LogP contribution in [0.4, 0.5) is 13.2 Å². The van der Waals surface area contributed by atoms with Gasteiger partial charge in [0.2, 0.25) is 0 Å². The molecule has 1 fully saturated rings. The number of rotatable bonds is 3. The normalized spacial score (nSPS) is 27.3. The van der Waals surface area contributed by atoms with Crippen molar-refractivity contribution in [2.45, 2.75) is 44.3 Å². The number of nitrogens with one attached hydrogen (secondary N) is 1. The fourth-order valence-corrected chi connectivity index (χ4v) is 2.08. The summed E-state index contributed by atoms with van der Waals surface area (Å²) in [6, 6.07) is 1.42. The molecule has 0 aromatic heterocycles. The lowest BCUT2D eigenvalue weighted by atomic mass is 9.84. The van der Waals surface area contributed by atoms with E-state index < -0.39 is 18.1 Å². The fraction of sp³-hybridized carbons (Fsp3) is 0.900. The van der Waals surface area contributed by atoms with E-state index in [2.05, 4.69) is 5.32 Å². The topological polar surface area (TPSA) is 35.8 Å². The highest BCUT2D eigenvalue weighted by molar-refractivity contribution is 4.86. The molecule has 1 N–H and O–H groups in total. The van der Waals surface area contributed by atoms with Crippen molar-refractivity contribution >= 4 is 0 Å². The van der Waals surface area contributed by atoms with Gasteiger partial charge in [-0.1, -0.05) is 12.8 Å². The van der Waals surface area contributed by atoms with Crippen LogP contribution in [-0.4, -0.2) is 18.8 Å². The molecule has 0 radical (unpaired) electrons. The minimum atomic E-state index is -4.11. The molecule has 86 valence electrons. The Kier molecular flexibility index (Phi) is 4.40. The standard InChI is InChI=1S/C10H15F3N2/c11-10(12,13)8-4-1-2-5-9(8)15-7-3-6-14/h8-9,15H,1-5,7H2. The second-order valence-corrected chi connectivity index (χ2v) is 3.90. The molecule has 1 aliphatic carbocycles. The first-order valence-electron chi connectivity index (χ1n) is 5.22. The maximum Gasteiger partial charge on any atom is 0.393 e. The van der Waals surface area contributed by atoms with Gasteiger partial charge in [-0.3, -0.25) is 0 Å². The first-order chi connectivity index (χ1) is 7.05. The monoisotopic (exact) mass is 220 g/mol. The fourth-order valence-electron chi connectivity index (χ4n) is 2.08. The van der Waals surface area contributed by atoms with Crippen molar-refractivity contribution in [1.82, 2.24) is 5.32 Å². The molecule has 2 unspecified atom stereocenters. The summed E-state index contributed by atoms with van der Waals surface area (Å²) < 4.78 is 37.8. The maximum absolute atomic E-state index is 12.6. The van der Waals surface area contributed by atoms with Crippen molar-refractivity contribution in [1.29, 1.82) is 5.26 Å². The summed E-state index contributed by atoms with van der Waals surface area (Å²) in [5.74, 6) is -1.23. The summed E-state index contributed by atoms with van der Waals surface area (Å²) in [5, 5.41) is 11.1. The third-order valence-electron chi connectivity index (χ3n) is 2.83. The molecule has 0 spiro atoms. The molecule has 5 heteroatoms. The average Bonchev–Trinajstić information content (AvgIpc) is 2.17. The van der Waals surface area contributed by atoms with Crippen molar-refractivity contribution in [3.05, 3.63) is 0 Å². The van der Waals surface area contributed by atoms with Crippen LogP contribution < -0.4 is 5.32 Å². The van der Waals surface area contributed by atoms with Gasteiger partial charge in [-0.15, -0.1) is 0 Å². The van der Waals surface area contributed by atoms with E-state index in [1.54, 1.807) is 0 Å². The van der Waals surface area contributed by atoms with Crippen molar-refractivity contribution in [3.63, 3.8) is 0 Å². The molecule has 1 aliphatic rings. The van der Waals surface area contributed by atoms with E-state index in [0.717, 1.165) is 6.42 Å². The number of nitriles is 1. The summed E-state index contributed by atoms with van der Waals surface area (Å²) in [6.45, 7) is 0.355. The lowest BCUT2D eigenvalue weighted by Gasteiger charge is -2.33. The lowest BCUT2D eigenvalue weighted by Crippen LogP contribution is -2.45. The Morgan fingerprint density at radius 3 is 2.53 bits per heavy atom. The molecule has 1 saturated carbocycles. The highest BCUT2D eigenvalue weighted by Crippen LogP contribution is 2.37. The van der Waals surface area contributed by atoms with Crippen LogP contribution in [0.25, 0.3) is 0 Å². The van der Waals surface area contributed by atoms with Crippen molar-refractivity contribution in [2.75, 3.05) is 6.54 Å². The van der Waals surface area contributed by atoms with E-state index in [1.165, 1.54) is 0 Å². The summed E-state index contributed by atoms with van der Waals surface area (Å²) in [5.41, 5.74) is 0. The molecule has 2 nitrogen and oxygen atoms in total. The van der Waals surface area contributed by atoms with Crippen molar-refractivity contribution in [3.8, 4) is 6.07 Å². The molecular formula is C10H15F3N2. The smallest absolute Gasteiger partial charge is 0.312 e. The van der Waals surface area contributed by atoms with E-state index in [4.69, 9.17) is 5.26 Å². The number of alkyl halides is 3. The molecule has 0 saturated heterocycles. The van der Waals surface area contributed by atoms with E-state index in [1.807, 2.05) is 6.07 Å². The zero-order valence-corrected chi connectivity index (χ0v) is 8.48. The molecule has 0 heterocycles. The van der Waals surface area contributed by atoms with Crippen LogP contribution in [-0.2, 0) is 0 Å². The van der Waals surface area contributed by atoms with Crippen molar-refractivity contribution in [2.24, 2.45) is 5.92 Å². The molecule has 2 atom stereocenters. The first kappa shape index (κ1) is 12.3. The van der Waals surface area contributed by atoms with Gasteiger partial charge in [0.25, 0.3) is 0 Å².